The summed E-state index contributed by atoms with van der Waals surface area (Å²) in [6.45, 7) is 1.45. The van der Waals surface area contributed by atoms with E-state index in [4.69, 9.17) is 0 Å². The van der Waals surface area contributed by atoms with Gasteiger partial charge in [0, 0.05) is 31.6 Å². The molecule has 26 heavy (non-hydrogen) atoms. The van der Waals surface area contributed by atoms with Crippen LogP contribution in [0.3, 0.4) is 0 Å². The maximum absolute atomic E-state index is 12.8. The molecule has 1 aromatic rings. The Hall–Kier alpha value is -2.21. The third-order valence-corrected chi connectivity index (χ3v) is 5.41. The first-order valence-corrected chi connectivity index (χ1v) is 9.48. The molecule has 2 aliphatic heterocycles. The lowest BCUT2D eigenvalue weighted by Crippen LogP contribution is -2.46. The van der Waals surface area contributed by atoms with Gasteiger partial charge in [-0.3, -0.25) is 9.59 Å². The van der Waals surface area contributed by atoms with Crippen LogP contribution in [-0.4, -0.2) is 42.6 Å². The molecule has 1 fully saturated rings. The molecule has 0 aromatic heterocycles. The molecule has 2 amide bonds. The Labute approximate surface area is 154 Å². The van der Waals surface area contributed by atoms with Gasteiger partial charge in [0.05, 0.1) is 0 Å². The highest BCUT2D eigenvalue weighted by atomic mass is 16.2. The molecule has 2 N–H and O–H groups in total. The fourth-order valence-corrected chi connectivity index (χ4v) is 3.97. The van der Waals surface area contributed by atoms with E-state index in [0.29, 0.717) is 24.6 Å². The van der Waals surface area contributed by atoms with Crippen molar-refractivity contribution in [1.29, 1.82) is 0 Å². The molecule has 0 aliphatic carbocycles. The molecule has 6 heteroatoms. The predicted octanol–water partition coefficient (Wildman–Crippen LogP) is 1.94. The molecule has 1 aromatic carbocycles. The summed E-state index contributed by atoms with van der Waals surface area (Å²) in [5.41, 5.74) is 2.85. The van der Waals surface area contributed by atoms with Crippen molar-refractivity contribution in [2.75, 3.05) is 13.6 Å². The predicted molar refractivity (Wildman–Crippen MR) is 98.7 cm³/mol. The van der Waals surface area contributed by atoms with E-state index >= 15 is 0 Å². The summed E-state index contributed by atoms with van der Waals surface area (Å²) in [5, 5.41) is 6.20. The van der Waals surface area contributed by atoms with E-state index in [2.05, 4.69) is 16.7 Å². The summed E-state index contributed by atoms with van der Waals surface area (Å²) < 4.78 is 0. The molecule has 140 valence electrons. The molecule has 0 spiro atoms. The topological polar surface area (TPSA) is 78.5 Å². The molecule has 0 saturated carbocycles. The summed E-state index contributed by atoms with van der Waals surface area (Å²) in [5.74, 6) is -0.349. The van der Waals surface area contributed by atoms with E-state index in [1.165, 1.54) is 24.8 Å². The van der Waals surface area contributed by atoms with Crippen molar-refractivity contribution in [3.05, 3.63) is 34.9 Å². The lowest BCUT2D eigenvalue weighted by atomic mass is 9.98. The van der Waals surface area contributed by atoms with Crippen LogP contribution in [0.1, 0.15) is 66.1 Å². The van der Waals surface area contributed by atoms with Gasteiger partial charge in [-0.05, 0) is 43.0 Å². The quantitative estimate of drug-likeness (QED) is 0.763. The molecular weight excluding hydrogens is 330 g/mol. The number of hydrogen-bond donors (Lipinski definition) is 2. The number of amides is 2. The van der Waals surface area contributed by atoms with Crippen LogP contribution >= 0.6 is 0 Å². The maximum Gasteiger partial charge on any atom is 0.255 e. The largest absolute Gasteiger partial charge is 0.357 e. The van der Waals surface area contributed by atoms with Gasteiger partial charge < -0.3 is 20.3 Å². The smallest absolute Gasteiger partial charge is 0.255 e. The van der Waals surface area contributed by atoms with E-state index in [9.17, 15) is 14.4 Å². The number of benzene rings is 1. The number of hydrogen-bond acceptors (Lipinski definition) is 4. The van der Waals surface area contributed by atoms with Crippen molar-refractivity contribution in [2.24, 2.45) is 0 Å². The second-order valence-corrected chi connectivity index (χ2v) is 7.08. The summed E-state index contributed by atoms with van der Waals surface area (Å²) in [7, 11) is 1.56. The van der Waals surface area contributed by atoms with Gasteiger partial charge in [-0.1, -0.05) is 25.0 Å². The molecule has 1 saturated heterocycles. The number of rotatable bonds is 6. The number of carbonyl (C=O) groups excluding carboxylic acids is 3. The van der Waals surface area contributed by atoms with Crippen molar-refractivity contribution in [2.45, 2.75) is 57.2 Å². The minimum atomic E-state index is -0.607. The van der Waals surface area contributed by atoms with Gasteiger partial charge in [-0.25, -0.2) is 0 Å². The van der Waals surface area contributed by atoms with Crippen LogP contribution in [0.5, 0.6) is 0 Å². The fraction of sp³-hybridized carbons (Fsp3) is 0.550. The van der Waals surface area contributed by atoms with Gasteiger partial charge in [-0.2, -0.15) is 0 Å². The van der Waals surface area contributed by atoms with Crippen molar-refractivity contribution in [3.63, 3.8) is 0 Å². The van der Waals surface area contributed by atoms with Crippen LogP contribution in [0, 0.1) is 0 Å². The zero-order chi connectivity index (χ0) is 18.5. The van der Waals surface area contributed by atoms with E-state index in [0.717, 1.165) is 24.8 Å². The highest BCUT2D eigenvalue weighted by Crippen LogP contribution is 2.30. The summed E-state index contributed by atoms with van der Waals surface area (Å²) in [6, 6.07) is 5.75. The Kier molecular flexibility index (Phi) is 6.04. The Morgan fingerprint density at radius 3 is 3.00 bits per heavy atom. The van der Waals surface area contributed by atoms with Crippen LogP contribution < -0.4 is 10.6 Å². The minimum Gasteiger partial charge on any atom is -0.357 e. The van der Waals surface area contributed by atoms with Gasteiger partial charge in [-0.15, -0.1) is 0 Å². The molecular formula is C20H27N3O3. The fourth-order valence-electron chi connectivity index (χ4n) is 3.97. The van der Waals surface area contributed by atoms with Crippen molar-refractivity contribution < 1.29 is 14.4 Å². The van der Waals surface area contributed by atoms with Crippen LogP contribution in [-0.2, 0) is 16.1 Å². The van der Waals surface area contributed by atoms with Crippen molar-refractivity contribution in [1.82, 2.24) is 15.5 Å². The Morgan fingerprint density at radius 2 is 2.23 bits per heavy atom. The molecule has 0 radical (unpaired) electrons. The second kappa shape index (κ2) is 8.45. The van der Waals surface area contributed by atoms with E-state index in [1.54, 1.807) is 11.9 Å². The molecule has 2 unspecified atom stereocenters. The summed E-state index contributed by atoms with van der Waals surface area (Å²) >= 11 is 0. The monoisotopic (exact) mass is 357 g/mol. The molecule has 3 rings (SSSR count). The highest BCUT2D eigenvalue weighted by molar-refractivity contribution is 6.01. The first-order chi connectivity index (χ1) is 12.7. The van der Waals surface area contributed by atoms with Crippen molar-refractivity contribution in [3.8, 4) is 0 Å². The van der Waals surface area contributed by atoms with E-state index < -0.39 is 6.04 Å². The van der Waals surface area contributed by atoms with E-state index in [1.807, 2.05) is 12.1 Å². The van der Waals surface area contributed by atoms with Crippen LogP contribution in [0.4, 0.5) is 0 Å². The van der Waals surface area contributed by atoms with Crippen LogP contribution in [0.25, 0.3) is 0 Å². The molecule has 2 heterocycles. The lowest BCUT2D eigenvalue weighted by Gasteiger charge is -2.25. The lowest BCUT2D eigenvalue weighted by molar-refractivity contribution is -0.125. The number of carbonyl (C=O) groups is 3. The molecule has 2 aliphatic rings. The Morgan fingerprint density at radius 1 is 1.38 bits per heavy atom. The number of likely N-dealkylation sites (N-methyl/N-ethyl adjacent to an activating group) is 1. The normalized spacial score (nSPS) is 21.0. The number of nitrogens with one attached hydrogen (secondary N) is 2. The van der Waals surface area contributed by atoms with Gasteiger partial charge in [0.2, 0.25) is 5.91 Å². The molecule has 2 atom stereocenters. The van der Waals surface area contributed by atoms with Crippen LogP contribution in [0.15, 0.2) is 18.2 Å². The number of nitrogens with zero attached hydrogens (tertiary/aromatic N) is 1. The van der Waals surface area contributed by atoms with Gasteiger partial charge >= 0.3 is 0 Å². The summed E-state index contributed by atoms with van der Waals surface area (Å²) in [4.78, 5) is 37.4. The van der Waals surface area contributed by atoms with Gasteiger partial charge in [0.15, 0.2) is 0 Å². The molecule has 0 bridgehead atoms. The summed E-state index contributed by atoms with van der Waals surface area (Å²) in [6.07, 6.45) is 6.18. The number of fused-ring (bicyclic) bond motifs is 1. The third kappa shape index (κ3) is 3.80. The second-order valence-electron chi connectivity index (χ2n) is 7.08. The number of aldehydes is 1. The average molecular weight is 357 g/mol. The van der Waals surface area contributed by atoms with Gasteiger partial charge in [0.25, 0.3) is 5.91 Å². The van der Waals surface area contributed by atoms with E-state index in [-0.39, 0.29) is 18.2 Å². The highest BCUT2D eigenvalue weighted by Gasteiger charge is 2.36. The molecule has 6 nitrogen and oxygen atoms in total. The maximum atomic E-state index is 12.8. The zero-order valence-corrected chi connectivity index (χ0v) is 15.3. The van der Waals surface area contributed by atoms with Crippen LogP contribution in [0.2, 0.25) is 0 Å². The van der Waals surface area contributed by atoms with Gasteiger partial charge in [0.1, 0.15) is 12.3 Å². The Balaban J connectivity index is 1.81. The standard InChI is InChI=1S/C20H27N3O3/c1-21-19(25)18(7-5-11-24)23-13-15-12-14(8-9-16(15)20(23)26)17-6-3-2-4-10-22-17/h8-9,11-12,17-18,22H,2-7,10,13H2,1H3,(H,21,25). The van der Waals surface area contributed by atoms with Crippen molar-refractivity contribution >= 4 is 18.1 Å². The average Bonchev–Trinajstić information content (AvgIpc) is 2.84. The first-order valence-electron chi connectivity index (χ1n) is 9.48. The minimum absolute atomic E-state index is 0.125. The SMILES string of the molecule is CNC(=O)C(CCC=O)N1Cc2cc(C3CCCCCN3)ccc2C1=O. The third-order valence-electron chi connectivity index (χ3n) is 5.41. The zero-order valence-electron chi connectivity index (χ0n) is 15.3. The Bertz CT molecular complexity index is 681. The first kappa shape index (κ1) is 18.6.